The Morgan fingerprint density at radius 2 is 2.45 bits per heavy atom. The Hall–Kier alpha value is -1.92. The van der Waals surface area contributed by atoms with Crippen LogP contribution in [0.5, 0.6) is 5.88 Å². The molecule has 0 spiro atoms. The van der Waals surface area contributed by atoms with Crippen molar-refractivity contribution in [3.8, 4) is 5.88 Å². The van der Waals surface area contributed by atoms with E-state index in [4.69, 9.17) is 10.5 Å². The molecule has 1 amide bonds. The summed E-state index contributed by atoms with van der Waals surface area (Å²) in [4.78, 5) is 20.9. The largest absolute Gasteiger partial charge is 0.479 e. The van der Waals surface area contributed by atoms with E-state index in [1.54, 1.807) is 0 Å². The molecule has 0 bridgehead atoms. The molecular weight excluding hydrogens is 263 g/mol. The van der Waals surface area contributed by atoms with E-state index in [9.17, 15) is 9.18 Å². The van der Waals surface area contributed by atoms with Crippen molar-refractivity contribution < 1.29 is 13.9 Å². The van der Waals surface area contributed by atoms with Gasteiger partial charge in [0.15, 0.2) is 0 Å². The zero-order valence-electron chi connectivity index (χ0n) is 11.5. The van der Waals surface area contributed by atoms with Crippen molar-refractivity contribution >= 4 is 11.9 Å². The molecule has 7 heteroatoms. The standard InChI is InChI=1S/C13H19FN4O2/c1-20-12-10(14)7-16-13(17-12)18-6-2-3-9(8-18)4-5-11(15)19/h7,9H,2-6,8H2,1H3,(H2,15,19)/t9-/m1/s1. The summed E-state index contributed by atoms with van der Waals surface area (Å²) >= 11 is 0. The number of primary amides is 1. The molecule has 110 valence electrons. The number of nitrogens with zero attached hydrogens (tertiary/aromatic N) is 3. The Morgan fingerprint density at radius 1 is 1.65 bits per heavy atom. The van der Waals surface area contributed by atoms with Gasteiger partial charge in [-0.2, -0.15) is 9.37 Å². The van der Waals surface area contributed by atoms with Crippen LogP contribution in [0.3, 0.4) is 0 Å². The number of amides is 1. The quantitative estimate of drug-likeness (QED) is 0.874. The van der Waals surface area contributed by atoms with Crippen LogP contribution >= 0.6 is 0 Å². The van der Waals surface area contributed by atoms with Gasteiger partial charge < -0.3 is 15.4 Å². The lowest BCUT2D eigenvalue weighted by Gasteiger charge is -2.32. The first-order valence-corrected chi connectivity index (χ1v) is 6.70. The number of methoxy groups -OCH3 is 1. The minimum Gasteiger partial charge on any atom is -0.479 e. The van der Waals surface area contributed by atoms with Crippen LogP contribution in [-0.4, -0.2) is 36.1 Å². The van der Waals surface area contributed by atoms with E-state index in [0.29, 0.717) is 18.3 Å². The number of hydrogen-bond donors (Lipinski definition) is 1. The summed E-state index contributed by atoms with van der Waals surface area (Å²) in [5.74, 6) is -0.0439. The van der Waals surface area contributed by atoms with Crippen LogP contribution in [0.1, 0.15) is 25.7 Å². The molecule has 0 unspecified atom stereocenters. The van der Waals surface area contributed by atoms with Gasteiger partial charge in [0.05, 0.1) is 13.3 Å². The van der Waals surface area contributed by atoms with E-state index in [-0.39, 0.29) is 11.8 Å². The Labute approximate surface area is 117 Å². The summed E-state index contributed by atoms with van der Waals surface area (Å²) in [6, 6.07) is 0. The molecule has 2 N–H and O–H groups in total. The Bertz CT molecular complexity index is 483. The second-order valence-electron chi connectivity index (χ2n) is 4.99. The monoisotopic (exact) mass is 282 g/mol. The maximum absolute atomic E-state index is 13.3. The van der Waals surface area contributed by atoms with Gasteiger partial charge in [-0.05, 0) is 25.2 Å². The minimum absolute atomic E-state index is 0.0470. The van der Waals surface area contributed by atoms with E-state index < -0.39 is 5.82 Å². The molecular formula is C13H19FN4O2. The molecule has 0 radical (unpaired) electrons. The summed E-state index contributed by atoms with van der Waals surface area (Å²) in [5, 5.41) is 0. The number of anilines is 1. The van der Waals surface area contributed by atoms with Gasteiger partial charge in [-0.1, -0.05) is 0 Å². The lowest BCUT2D eigenvalue weighted by atomic mass is 9.93. The van der Waals surface area contributed by atoms with Crippen LogP contribution in [0.4, 0.5) is 10.3 Å². The molecule has 0 saturated carbocycles. The highest BCUT2D eigenvalue weighted by atomic mass is 19.1. The molecule has 2 heterocycles. The lowest BCUT2D eigenvalue weighted by Crippen LogP contribution is -2.37. The lowest BCUT2D eigenvalue weighted by molar-refractivity contribution is -0.118. The first-order chi connectivity index (χ1) is 9.60. The summed E-state index contributed by atoms with van der Waals surface area (Å²) in [6.07, 6.45) is 4.33. The fourth-order valence-electron chi connectivity index (χ4n) is 2.47. The molecule has 1 aromatic rings. The van der Waals surface area contributed by atoms with Crippen molar-refractivity contribution in [2.45, 2.75) is 25.7 Å². The fourth-order valence-corrected chi connectivity index (χ4v) is 2.47. The number of nitrogens with two attached hydrogens (primary N) is 1. The topological polar surface area (TPSA) is 81.3 Å². The number of carbonyl (C=O) groups excluding carboxylic acids is 1. The molecule has 1 aliphatic heterocycles. The number of ether oxygens (including phenoxy) is 1. The normalized spacial score (nSPS) is 18.9. The molecule has 6 nitrogen and oxygen atoms in total. The summed E-state index contributed by atoms with van der Waals surface area (Å²) in [6.45, 7) is 1.57. The Balaban J connectivity index is 2.03. The van der Waals surface area contributed by atoms with E-state index in [2.05, 4.69) is 9.97 Å². The maximum atomic E-state index is 13.3. The van der Waals surface area contributed by atoms with E-state index >= 15 is 0 Å². The molecule has 0 aromatic carbocycles. The van der Waals surface area contributed by atoms with Crippen molar-refractivity contribution in [2.24, 2.45) is 11.7 Å². The maximum Gasteiger partial charge on any atom is 0.255 e. The smallest absolute Gasteiger partial charge is 0.255 e. The van der Waals surface area contributed by atoms with Crippen LogP contribution in [-0.2, 0) is 4.79 Å². The average molecular weight is 282 g/mol. The molecule has 1 aromatic heterocycles. The van der Waals surface area contributed by atoms with Crippen molar-refractivity contribution in [1.82, 2.24) is 9.97 Å². The number of piperidine rings is 1. The number of hydrogen-bond acceptors (Lipinski definition) is 5. The summed E-state index contributed by atoms with van der Waals surface area (Å²) in [5.41, 5.74) is 5.17. The molecule has 0 aliphatic carbocycles. The van der Waals surface area contributed by atoms with Crippen molar-refractivity contribution in [3.63, 3.8) is 0 Å². The van der Waals surface area contributed by atoms with Crippen molar-refractivity contribution in [3.05, 3.63) is 12.0 Å². The second-order valence-corrected chi connectivity index (χ2v) is 4.99. The van der Waals surface area contributed by atoms with Gasteiger partial charge in [0.2, 0.25) is 17.7 Å². The van der Waals surface area contributed by atoms with Crippen molar-refractivity contribution in [1.29, 1.82) is 0 Å². The van der Waals surface area contributed by atoms with Gasteiger partial charge in [-0.25, -0.2) is 4.98 Å². The highest BCUT2D eigenvalue weighted by Gasteiger charge is 2.23. The number of aromatic nitrogens is 2. The number of carbonyl (C=O) groups is 1. The van der Waals surface area contributed by atoms with Crippen LogP contribution in [0.15, 0.2) is 6.20 Å². The van der Waals surface area contributed by atoms with E-state index in [1.165, 1.54) is 7.11 Å². The number of rotatable bonds is 5. The third-order valence-electron chi connectivity index (χ3n) is 3.49. The summed E-state index contributed by atoms with van der Waals surface area (Å²) in [7, 11) is 1.38. The first-order valence-electron chi connectivity index (χ1n) is 6.70. The third-order valence-corrected chi connectivity index (χ3v) is 3.49. The highest BCUT2D eigenvalue weighted by Crippen LogP contribution is 2.25. The van der Waals surface area contributed by atoms with Gasteiger partial charge >= 0.3 is 0 Å². The van der Waals surface area contributed by atoms with E-state index in [1.807, 2.05) is 4.90 Å². The van der Waals surface area contributed by atoms with Crippen molar-refractivity contribution in [2.75, 3.05) is 25.1 Å². The van der Waals surface area contributed by atoms with Crippen LogP contribution < -0.4 is 15.4 Å². The molecule has 1 fully saturated rings. The molecule has 1 aliphatic rings. The Kier molecular flexibility index (Phi) is 4.70. The van der Waals surface area contributed by atoms with Gasteiger partial charge in [0.25, 0.3) is 5.88 Å². The predicted octanol–water partition coefficient (Wildman–Crippen LogP) is 1.11. The number of halogens is 1. The van der Waals surface area contributed by atoms with Gasteiger partial charge in [0, 0.05) is 19.5 Å². The van der Waals surface area contributed by atoms with Gasteiger partial charge in [-0.15, -0.1) is 0 Å². The van der Waals surface area contributed by atoms with Gasteiger partial charge in [-0.3, -0.25) is 4.79 Å². The molecule has 20 heavy (non-hydrogen) atoms. The SMILES string of the molecule is COc1nc(N2CCC[C@H](CCC(N)=O)C2)ncc1F. The first kappa shape index (κ1) is 14.5. The van der Waals surface area contributed by atoms with Crippen LogP contribution in [0.2, 0.25) is 0 Å². The van der Waals surface area contributed by atoms with Crippen LogP contribution in [0, 0.1) is 11.7 Å². The highest BCUT2D eigenvalue weighted by molar-refractivity contribution is 5.73. The minimum atomic E-state index is -0.571. The second kappa shape index (κ2) is 6.49. The molecule has 1 saturated heterocycles. The van der Waals surface area contributed by atoms with Crippen LogP contribution in [0.25, 0.3) is 0 Å². The fraction of sp³-hybridized carbons (Fsp3) is 0.615. The molecule has 1 atom stereocenters. The molecule has 2 rings (SSSR count). The summed E-state index contributed by atoms with van der Waals surface area (Å²) < 4.78 is 18.2. The van der Waals surface area contributed by atoms with Gasteiger partial charge in [0.1, 0.15) is 0 Å². The third kappa shape index (κ3) is 3.55. The zero-order valence-corrected chi connectivity index (χ0v) is 11.5. The Morgan fingerprint density at radius 3 is 3.15 bits per heavy atom. The predicted molar refractivity (Wildman–Crippen MR) is 71.9 cm³/mol. The van der Waals surface area contributed by atoms with E-state index in [0.717, 1.165) is 38.5 Å². The average Bonchev–Trinajstić information content (AvgIpc) is 2.46. The zero-order chi connectivity index (χ0) is 14.5.